The number of ether oxygens (including phenoxy) is 1. The van der Waals surface area contributed by atoms with Gasteiger partial charge in [-0.15, -0.1) is 0 Å². The Morgan fingerprint density at radius 1 is 1.41 bits per heavy atom. The largest absolute Gasteiger partial charge is 0.496 e. The zero-order chi connectivity index (χ0) is 15.5. The molecule has 2 aliphatic rings. The molecule has 120 valence electrons. The zero-order valence-corrected chi connectivity index (χ0v) is 14.6. The number of rotatable bonds is 6. The molecule has 1 aliphatic carbocycles. The van der Waals surface area contributed by atoms with E-state index < -0.39 is 0 Å². The molecule has 1 saturated carbocycles. The van der Waals surface area contributed by atoms with Crippen molar-refractivity contribution in [2.75, 3.05) is 26.7 Å². The van der Waals surface area contributed by atoms with Crippen LogP contribution >= 0.6 is 15.9 Å². The van der Waals surface area contributed by atoms with E-state index in [1.807, 2.05) is 17.0 Å². The van der Waals surface area contributed by atoms with Crippen LogP contribution in [0.4, 0.5) is 0 Å². The Hall–Kier alpha value is -1.07. The molecular formula is C17H23BrN2O2. The number of amides is 1. The Kier molecular flexibility index (Phi) is 5.03. The summed E-state index contributed by atoms with van der Waals surface area (Å²) in [6, 6.07) is 6.14. The fourth-order valence-electron chi connectivity index (χ4n) is 3.16. The normalized spacial score (nSPS) is 21.2. The standard InChI is InChI=1S/C17H23BrN2O2/c1-22-16-7-6-13(18)9-14(16)15-3-2-8-20(15)17(21)11-19-10-12-4-5-12/h6-7,9,12,15,19H,2-5,8,10-11H2,1H3. The molecule has 0 bridgehead atoms. The molecule has 1 saturated heterocycles. The van der Waals surface area contributed by atoms with E-state index in [-0.39, 0.29) is 11.9 Å². The summed E-state index contributed by atoms with van der Waals surface area (Å²) in [5.74, 6) is 1.86. The van der Waals surface area contributed by atoms with Crippen LogP contribution in [-0.2, 0) is 4.79 Å². The minimum absolute atomic E-state index is 0.127. The summed E-state index contributed by atoms with van der Waals surface area (Å²) in [6.07, 6.45) is 4.67. The maximum atomic E-state index is 12.5. The summed E-state index contributed by atoms with van der Waals surface area (Å²) in [5.41, 5.74) is 1.10. The average Bonchev–Trinajstić information content (AvgIpc) is 3.20. The van der Waals surface area contributed by atoms with Crippen molar-refractivity contribution in [2.45, 2.75) is 31.7 Å². The van der Waals surface area contributed by atoms with E-state index in [1.54, 1.807) is 7.11 Å². The van der Waals surface area contributed by atoms with Crippen molar-refractivity contribution >= 4 is 21.8 Å². The third-order valence-corrected chi connectivity index (χ3v) is 5.02. The molecule has 1 aromatic rings. The van der Waals surface area contributed by atoms with Crippen LogP contribution in [0.25, 0.3) is 0 Å². The van der Waals surface area contributed by atoms with Crippen LogP contribution in [0.5, 0.6) is 5.75 Å². The van der Waals surface area contributed by atoms with Gasteiger partial charge in [0, 0.05) is 16.6 Å². The highest BCUT2D eigenvalue weighted by Crippen LogP contribution is 2.38. The van der Waals surface area contributed by atoms with Gasteiger partial charge in [0.2, 0.25) is 5.91 Å². The third-order valence-electron chi connectivity index (χ3n) is 4.53. The summed E-state index contributed by atoms with van der Waals surface area (Å²) in [6.45, 7) is 2.26. The van der Waals surface area contributed by atoms with Crippen molar-refractivity contribution in [3.63, 3.8) is 0 Å². The number of hydrogen-bond acceptors (Lipinski definition) is 3. The number of methoxy groups -OCH3 is 1. The van der Waals surface area contributed by atoms with E-state index in [4.69, 9.17) is 4.74 Å². The van der Waals surface area contributed by atoms with Crippen LogP contribution in [-0.4, -0.2) is 37.6 Å². The van der Waals surface area contributed by atoms with Crippen molar-refractivity contribution < 1.29 is 9.53 Å². The van der Waals surface area contributed by atoms with E-state index >= 15 is 0 Å². The van der Waals surface area contributed by atoms with Gasteiger partial charge in [-0.3, -0.25) is 4.79 Å². The molecule has 2 fully saturated rings. The lowest BCUT2D eigenvalue weighted by Crippen LogP contribution is -2.38. The highest BCUT2D eigenvalue weighted by molar-refractivity contribution is 9.10. The molecule has 1 heterocycles. The second kappa shape index (κ2) is 7.01. The summed E-state index contributed by atoms with van der Waals surface area (Å²) in [7, 11) is 1.69. The Bertz CT molecular complexity index is 545. The molecule has 5 heteroatoms. The maximum absolute atomic E-state index is 12.5. The van der Waals surface area contributed by atoms with Gasteiger partial charge in [0.1, 0.15) is 5.75 Å². The SMILES string of the molecule is COc1ccc(Br)cc1C1CCCN1C(=O)CNCC1CC1. The van der Waals surface area contributed by atoms with Gasteiger partial charge in [0.15, 0.2) is 0 Å². The van der Waals surface area contributed by atoms with E-state index in [1.165, 1.54) is 12.8 Å². The molecule has 0 aromatic heterocycles. The Morgan fingerprint density at radius 2 is 2.23 bits per heavy atom. The number of nitrogens with one attached hydrogen (secondary N) is 1. The Morgan fingerprint density at radius 3 is 2.95 bits per heavy atom. The van der Waals surface area contributed by atoms with Crippen LogP contribution in [0.1, 0.15) is 37.3 Å². The summed E-state index contributed by atoms with van der Waals surface area (Å²) < 4.78 is 6.51. The lowest BCUT2D eigenvalue weighted by atomic mass is 10.0. The van der Waals surface area contributed by atoms with Gasteiger partial charge in [-0.25, -0.2) is 0 Å². The number of halogens is 1. The molecule has 1 aliphatic heterocycles. The Balaban J connectivity index is 1.69. The second-order valence-electron chi connectivity index (χ2n) is 6.21. The van der Waals surface area contributed by atoms with Gasteiger partial charge < -0.3 is 15.0 Å². The number of nitrogens with zero attached hydrogens (tertiary/aromatic N) is 1. The Labute approximate surface area is 140 Å². The van der Waals surface area contributed by atoms with Crippen LogP contribution in [0.2, 0.25) is 0 Å². The number of carbonyl (C=O) groups is 1. The van der Waals surface area contributed by atoms with E-state index in [9.17, 15) is 4.79 Å². The molecule has 22 heavy (non-hydrogen) atoms. The molecule has 1 unspecified atom stereocenters. The summed E-state index contributed by atoms with van der Waals surface area (Å²) in [4.78, 5) is 14.5. The first-order chi connectivity index (χ1) is 10.7. The van der Waals surface area contributed by atoms with Crippen molar-refractivity contribution in [1.82, 2.24) is 10.2 Å². The predicted molar refractivity (Wildman–Crippen MR) is 90.0 cm³/mol. The quantitative estimate of drug-likeness (QED) is 0.840. The van der Waals surface area contributed by atoms with Crippen molar-refractivity contribution in [1.29, 1.82) is 0 Å². The van der Waals surface area contributed by atoms with Gasteiger partial charge in [-0.05, 0) is 56.3 Å². The van der Waals surface area contributed by atoms with Crippen LogP contribution in [0, 0.1) is 5.92 Å². The van der Waals surface area contributed by atoms with Gasteiger partial charge in [0.05, 0.1) is 19.7 Å². The first kappa shape index (κ1) is 15.8. The number of likely N-dealkylation sites (tertiary alicyclic amines) is 1. The first-order valence-electron chi connectivity index (χ1n) is 8.02. The van der Waals surface area contributed by atoms with Crippen LogP contribution in [0.15, 0.2) is 22.7 Å². The minimum atomic E-state index is 0.127. The zero-order valence-electron chi connectivity index (χ0n) is 13.0. The highest BCUT2D eigenvalue weighted by atomic mass is 79.9. The molecule has 4 nitrogen and oxygen atoms in total. The van der Waals surface area contributed by atoms with Crippen molar-refractivity contribution in [3.8, 4) is 5.75 Å². The van der Waals surface area contributed by atoms with Gasteiger partial charge in [-0.1, -0.05) is 15.9 Å². The molecule has 0 spiro atoms. The fourth-order valence-corrected chi connectivity index (χ4v) is 3.54. The lowest BCUT2D eigenvalue weighted by Gasteiger charge is -2.26. The number of hydrogen-bond donors (Lipinski definition) is 1. The molecule has 1 N–H and O–H groups in total. The van der Waals surface area contributed by atoms with Gasteiger partial charge >= 0.3 is 0 Å². The minimum Gasteiger partial charge on any atom is -0.496 e. The van der Waals surface area contributed by atoms with E-state index in [0.717, 1.165) is 47.6 Å². The van der Waals surface area contributed by atoms with Crippen molar-refractivity contribution in [2.24, 2.45) is 5.92 Å². The fraction of sp³-hybridized carbons (Fsp3) is 0.588. The molecular weight excluding hydrogens is 344 g/mol. The number of carbonyl (C=O) groups excluding carboxylic acids is 1. The first-order valence-corrected chi connectivity index (χ1v) is 8.82. The monoisotopic (exact) mass is 366 g/mol. The topological polar surface area (TPSA) is 41.6 Å². The second-order valence-corrected chi connectivity index (χ2v) is 7.12. The molecule has 1 aromatic carbocycles. The lowest BCUT2D eigenvalue weighted by molar-refractivity contribution is -0.131. The summed E-state index contributed by atoms with van der Waals surface area (Å²) in [5, 5.41) is 3.30. The summed E-state index contributed by atoms with van der Waals surface area (Å²) >= 11 is 3.52. The van der Waals surface area contributed by atoms with E-state index in [0.29, 0.717) is 6.54 Å². The van der Waals surface area contributed by atoms with Gasteiger partial charge in [0.25, 0.3) is 0 Å². The highest BCUT2D eigenvalue weighted by Gasteiger charge is 2.32. The predicted octanol–water partition coefficient (Wildman–Crippen LogP) is 3.12. The third kappa shape index (κ3) is 3.63. The van der Waals surface area contributed by atoms with Crippen LogP contribution in [0.3, 0.4) is 0 Å². The maximum Gasteiger partial charge on any atom is 0.237 e. The smallest absolute Gasteiger partial charge is 0.237 e. The molecule has 3 rings (SSSR count). The molecule has 1 amide bonds. The number of benzene rings is 1. The molecule has 1 atom stereocenters. The van der Waals surface area contributed by atoms with E-state index in [2.05, 4.69) is 27.3 Å². The molecule has 0 radical (unpaired) electrons. The van der Waals surface area contributed by atoms with Crippen molar-refractivity contribution in [3.05, 3.63) is 28.2 Å². The van der Waals surface area contributed by atoms with Gasteiger partial charge in [-0.2, -0.15) is 0 Å². The average molecular weight is 367 g/mol. The van der Waals surface area contributed by atoms with Crippen LogP contribution < -0.4 is 10.1 Å².